The van der Waals surface area contributed by atoms with E-state index in [0.717, 1.165) is 17.8 Å². The number of carbonyl (C=O) groups excluding carboxylic acids is 1. The molecule has 1 fully saturated rings. The average molecular weight is 402 g/mol. The standard InChI is InChI=1S/C23H22N4O3/c1-21(2)22(3)11-12-23(21,20(28)24-14-7-5-4-6-8-14)19-18(22)25-16-10-9-15(27(29)30)13-17(16)26-19/h4-10,13H,11-12H2,1-3H3,(H,24,28). The highest BCUT2D eigenvalue weighted by Crippen LogP contribution is 2.70. The van der Waals surface area contributed by atoms with Crippen LogP contribution in [0.15, 0.2) is 48.5 Å². The molecule has 2 atom stereocenters. The van der Waals surface area contributed by atoms with Crippen LogP contribution in [0.4, 0.5) is 11.4 Å². The van der Waals surface area contributed by atoms with E-state index in [1.807, 2.05) is 30.3 Å². The van der Waals surface area contributed by atoms with Gasteiger partial charge in [0.15, 0.2) is 0 Å². The summed E-state index contributed by atoms with van der Waals surface area (Å²) < 4.78 is 0. The largest absolute Gasteiger partial charge is 0.325 e. The van der Waals surface area contributed by atoms with Crippen molar-refractivity contribution in [3.05, 3.63) is 70.0 Å². The summed E-state index contributed by atoms with van der Waals surface area (Å²) in [6, 6.07) is 13.9. The van der Waals surface area contributed by atoms with E-state index in [0.29, 0.717) is 23.1 Å². The number of nitrogens with one attached hydrogen (secondary N) is 1. The second kappa shape index (κ2) is 5.84. The summed E-state index contributed by atoms with van der Waals surface area (Å²) in [7, 11) is 0. The molecule has 7 nitrogen and oxygen atoms in total. The molecule has 2 aromatic carbocycles. The smallest absolute Gasteiger partial charge is 0.271 e. The van der Waals surface area contributed by atoms with Gasteiger partial charge in [-0.25, -0.2) is 9.97 Å². The number of non-ortho nitro benzene ring substituents is 1. The lowest BCUT2D eigenvalue weighted by atomic mass is 9.63. The van der Waals surface area contributed by atoms with Gasteiger partial charge in [0.1, 0.15) is 0 Å². The van der Waals surface area contributed by atoms with Gasteiger partial charge in [-0.15, -0.1) is 0 Å². The lowest BCUT2D eigenvalue weighted by Gasteiger charge is -2.39. The van der Waals surface area contributed by atoms with E-state index in [-0.39, 0.29) is 17.0 Å². The summed E-state index contributed by atoms with van der Waals surface area (Å²) in [6.45, 7) is 6.38. The van der Waals surface area contributed by atoms with Crippen molar-refractivity contribution in [3.8, 4) is 0 Å². The number of anilines is 1. The number of aromatic nitrogens is 2. The van der Waals surface area contributed by atoms with Crippen molar-refractivity contribution in [1.82, 2.24) is 9.97 Å². The molecular weight excluding hydrogens is 380 g/mol. The molecule has 2 aliphatic carbocycles. The predicted molar refractivity (Wildman–Crippen MR) is 113 cm³/mol. The molecule has 30 heavy (non-hydrogen) atoms. The third-order valence-corrected chi connectivity index (χ3v) is 7.65. The van der Waals surface area contributed by atoms with E-state index >= 15 is 0 Å². The molecule has 2 unspecified atom stereocenters. The van der Waals surface area contributed by atoms with Gasteiger partial charge in [0.2, 0.25) is 5.91 Å². The lowest BCUT2D eigenvalue weighted by molar-refractivity contribution is -0.384. The molecule has 1 amide bonds. The van der Waals surface area contributed by atoms with Crippen molar-refractivity contribution in [2.24, 2.45) is 5.41 Å². The Hall–Kier alpha value is -3.35. The van der Waals surface area contributed by atoms with Gasteiger partial charge < -0.3 is 5.32 Å². The Labute approximate surface area is 173 Å². The van der Waals surface area contributed by atoms with Gasteiger partial charge in [-0.3, -0.25) is 14.9 Å². The minimum absolute atomic E-state index is 0.0341. The number of nitro groups is 1. The molecule has 1 aromatic heterocycles. The van der Waals surface area contributed by atoms with Crippen LogP contribution in [0.5, 0.6) is 0 Å². The summed E-state index contributed by atoms with van der Waals surface area (Å²) in [5, 5.41) is 14.3. The van der Waals surface area contributed by atoms with Crippen molar-refractivity contribution in [2.75, 3.05) is 5.32 Å². The van der Waals surface area contributed by atoms with Crippen LogP contribution >= 0.6 is 0 Å². The van der Waals surface area contributed by atoms with Crippen LogP contribution in [0.3, 0.4) is 0 Å². The second-order valence-electron chi connectivity index (χ2n) is 9.03. The second-order valence-corrected chi connectivity index (χ2v) is 9.03. The first-order valence-corrected chi connectivity index (χ1v) is 10.0. The van der Waals surface area contributed by atoms with Crippen molar-refractivity contribution in [1.29, 1.82) is 0 Å². The summed E-state index contributed by atoms with van der Waals surface area (Å²) in [5.41, 5.74) is 1.69. The number of hydrogen-bond acceptors (Lipinski definition) is 5. The fraction of sp³-hybridized carbons (Fsp3) is 0.348. The molecule has 0 radical (unpaired) electrons. The highest BCUT2D eigenvalue weighted by Gasteiger charge is 2.73. The maximum atomic E-state index is 13.7. The van der Waals surface area contributed by atoms with Gasteiger partial charge in [-0.2, -0.15) is 0 Å². The van der Waals surface area contributed by atoms with Gasteiger partial charge in [0.05, 0.1) is 32.8 Å². The van der Waals surface area contributed by atoms with Crippen LogP contribution in [0.1, 0.15) is 45.0 Å². The number of nitrogens with zero attached hydrogens (tertiary/aromatic N) is 3. The van der Waals surface area contributed by atoms with Crippen LogP contribution in [0.2, 0.25) is 0 Å². The number of carbonyl (C=O) groups is 1. The zero-order chi connectivity index (χ0) is 21.3. The number of fused-ring (bicyclic) bond motifs is 6. The van der Waals surface area contributed by atoms with Gasteiger partial charge >= 0.3 is 0 Å². The summed E-state index contributed by atoms with van der Waals surface area (Å²) in [5.74, 6) is -0.0970. The highest BCUT2D eigenvalue weighted by molar-refractivity contribution is 6.02. The van der Waals surface area contributed by atoms with E-state index in [4.69, 9.17) is 9.97 Å². The number of amides is 1. The van der Waals surface area contributed by atoms with Gasteiger partial charge in [-0.05, 0) is 36.5 Å². The molecule has 2 aliphatic rings. The molecule has 1 heterocycles. The van der Waals surface area contributed by atoms with Crippen LogP contribution in [0.25, 0.3) is 11.0 Å². The Morgan fingerprint density at radius 2 is 1.70 bits per heavy atom. The lowest BCUT2D eigenvalue weighted by Crippen LogP contribution is -2.48. The molecule has 152 valence electrons. The topological polar surface area (TPSA) is 98.0 Å². The maximum absolute atomic E-state index is 13.7. The minimum Gasteiger partial charge on any atom is -0.325 e. The Balaban J connectivity index is 1.72. The molecular formula is C23H22N4O3. The molecule has 1 saturated carbocycles. The fourth-order valence-electron chi connectivity index (χ4n) is 5.47. The van der Waals surface area contributed by atoms with Crippen LogP contribution in [-0.4, -0.2) is 20.8 Å². The molecule has 0 saturated heterocycles. The van der Waals surface area contributed by atoms with Crippen LogP contribution in [0, 0.1) is 15.5 Å². The predicted octanol–water partition coefficient (Wildman–Crippen LogP) is 4.51. The van der Waals surface area contributed by atoms with Crippen molar-refractivity contribution in [2.45, 2.75) is 44.4 Å². The SMILES string of the molecule is CC12CCC(C(=O)Nc3ccccc3)(c3nc4cc([N+](=O)[O-])ccc4nc31)C2(C)C. The summed E-state index contributed by atoms with van der Waals surface area (Å²) in [6.07, 6.45) is 1.50. The molecule has 2 bridgehead atoms. The van der Waals surface area contributed by atoms with E-state index in [1.54, 1.807) is 6.07 Å². The first-order valence-electron chi connectivity index (χ1n) is 10.0. The Morgan fingerprint density at radius 1 is 1.00 bits per heavy atom. The molecule has 3 aromatic rings. The van der Waals surface area contributed by atoms with E-state index in [9.17, 15) is 14.9 Å². The molecule has 1 N–H and O–H groups in total. The minimum atomic E-state index is -0.848. The quantitative estimate of drug-likeness (QED) is 0.513. The first kappa shape index (κ1) is 18.7. The highest BCUT2D eigenvalue weighted by atomic mass is 16.6. The van der Waals surface area contributed by atoms with Crippen LogP contribution in [-0.2, 0) is 15.6 Å². The van der Waals surface area contributed by atoms with Gasteiger partial charge in [0.25, 0.3) is 5.69 Å². The van der Waals surface area contributed by atoms with Crippen molar-refractivity contribution < 1.29 is 9.72 Å². The third kappa shape index (κ3) is 2.12. The van der Waals surface area contributed by atoms with Crippen molar-refractivity contribution >= 4 is 28.3 Å². The maximum Gasteiger partial charge on any atom is 0.271 e. The number of para-hydroxylation sites is 1. The molecule has 5 rings (SSSR count). The Morgan fingerprint density at radius 3 is 2.40 bits per heavy atom. The zero-order valence-electron chi connectivity index (χ0n) is 17.1. The number of hydrogen-bond donors (Lipinski definition) is 1. The fourth-order valence-corrected chi connectivity index (χ4v) is 5.47. The van der Waals surface area contributed by atoms with Crippen LogP contribution < -0.4 is 5.32 Å². The third-order valence-electron chi connectivity index (χ3n) is 7.65. The summed E-state index contributed by atoms with van der Waals surface area (Å²) >= 11 is 0. The average Bonchev–Trinajstić information content (AvgIpc) is 3.02. The number of rotatable bonds is 3. The van der Waals surface area contributed by atoms with E-state index < -0.39 is 15.8 Å². The molecule has 7 heteroatoms. The zero-order valence-corrected chi connectivity index (χ0v) is 17.1. The number of benzene rings is 2. The van der Waals surface area contributed by atoms with Gasteiger partial charge in [0, 0.05) is 23.2 Å². The monoisotopic (exact) mass is 402 g/mol. The Bertz CT molecular complexity index is 1220. The van der Waals surface area contributed by atoms with Gasteiger partial charge in [-0.1, -0.05) is 39.0 Å². The normalized spacial score (nSPS) is 25.8. The van der Waals surface area contributed by atoms with Crippen molar-refractivity contribution in [3.63, 3.8) is 0 Å². The molecule has 0 aliphatic heterocycles. The number of nitro benzene ring substituents is 1. The molecule has 0 spiro atoms. The van der Waals surface area contributed by atoms with E-state index in [1.165, 1.54) is 12.1 Å². The van der Waals surface area contributed by atoms with E-state index in [2.05, 4.69) is 26.1 Å². The Kier molecular flexibility index (Phi) is 3.63. The first-order chi connectivity index (χ1) is 14.2. The summed E-state index contributed by atoms with van der Waals surface area (Å²) in [4.78, 5) is 34.2.